The summed E-state index contributed by atoms with van der Waals surface area (Å²) < 4.78 is 6.05. The Balaban J connectivity index is 1.33. The Hall–Kier alpha value is -3.81. The number of likely N-dealkylation sites (tertiary alicyclic amines) is 2. The van der Waals surface area contributed by atoms with Gasteiger partial charge in [0.25, 0.3) is 11.8 Å². The molecule has 1 unspecified atom stereocenters. The zero-order chi connectivity index (χ0) is 22.1. The molecule has 1 atom stereocenters. The number of nitrogens with zero attached hydrogens (tertiary/aromatic N) is 3. The van der Waals surface area contributed by atoms with Crippen LogP contribution in [0, 0.1) is 11.3 Å². The number of aromatic amines is 1. The minimum absolute atomic E-state index is 0.0641. The van der Waals surface area contributed by atoms with E-state index in [9.17, 15) is 14.7 Å². The summed E-state index contributed by atoms with van der Waals surface area (Å²) in [5, 5.41) is 16.3. The second-order valence-electron chi connectivity index (χ2n) is 8.57. The molecule has 2 aliphatic heterocycles. The van der Waals surface area contributed by atoms with Crippen molar-refractivity contribution in [2.24, 2.45) is 11.3 Å². The van der Waals surface area contributed by atoms with Crippen LogP contribution in [0.4, 0.5) is 0 Å². The van der Waals surface area contributed by atoms with Crippen LogP contribution in [-0.4, -0.2) is 69.7 Å². The SMILES string of the molecule is O=C(c1cccc(O)c1)N1CC(COc2ccccc2)C2(C1)CN(C(=O)c1cn[nH]c1)C2. The van der Waals surface area contributed by atoms with E-state index in [1.807, 2.05) is 35.2 Å². The number of phenols is 1. The van der Waals surface area contributed by atoms with Crippen molar-refractivity contribution in [2.75, 3.05) is 32.8 Å². The van der Waals surface area contributed by atoms with Gasteiger partial charge in [0, 0.05) is 49.3 Å². The van der Waals surface area contributed by atoms with Crippen LogP contribution < -0.4 is 4.74 Å². The molecule has 0 radical (unpaired) electrons. The lowest BCUT2D eigenvalue weighted by Crippen LogP contribution is -2.62. The van der Waals surface area contributed by atoms with Gasteiger partial charge in [0.1, 0.15) is 11.5 Å². The number of carbonyl (C=O) groups excluding carboxylic acids is 2. The molecule has 1 aromatic heterocycles. The molecule has 3 heterocycles. The number of aromatic nitrogens is 2. The fraction of sp³-hybridized carbons (Fsp3) is 0.292. The Bertz CT molecular complexity index is 1110. The molecule has 2 aliphatic rings. The van der Waals surface area contributed by atoms with E-state index in [1.165, 1.54) is 12.3 Å². The number of benzene rings is 2. The summed E-state index contributed by atoms with van der Waals surface area (Å²) in [6.07, 6.45) is 3.12. The number of rotatable bonds is 5. The van der Waals surface area contributed by atoms with Crippen molar-refractivity contribution >= 4 is 11.8 Å². The second-order valence-corrected chi connectivity index (χ2v) is 8.57. The van der Waals surface area contributed by atoms with Gasteiger partial charge in [-0.15, -0.1) is 0 Å². The van der Waals surface area contributed by atoms with Gasteiger partial charge >= 0.3 is 0 Å². The minimum atomic E-state index is -0.222. The molecule has 2 amide bonds. The summed E-state index contributed by atoms with van der Waals surface area (Å²) in [6, 6.07) is 16.0. The van der Waals surface area contributed by atoms with Gasteiger partial charge in [-0.05, 0) is 30.3 Å². The van der Waals surface area contributed by atoms with E-state index >= 15 is 0 Å². The molecule has 2 aromatic carbocycles. The number of phenolic OH excluding ortho intramolecular Hbond substituents is 1. The fourth-order valence-corrected chi connectivity index (χ4v) is 4.72. The molecule has 164 valence electrons. The van der Waals surface area contributed by atoms with Crippen LogP contribution in [0.25, 0.3) is 0 Å². The Kier molecular flexibility index (Phi) is 5.05. The molecule has 1 spiro atoms. The zero-order valence-corrected chi connectivity index (χ0v) is 17.5. The van der Waals surface area contributed by atoms with Crippen LogP contribution in [0.3, 0.4) is 0 Å². The lowest BCUT2D eigenvalue weighted by Gasteiger charge is -2.50. The summed E-state index contributed by atoms with van der Waals surface area (Å²) in [5.74, 6) is 0.740. The maximum atomic E-state index is 13.1. The third kappa shape index (κ3) is 3.68. The largest absolute Gasteiger partial charge is 0.508 e. The number of aromatic hydroxyl groups is 1. The van der Waals surface area contributed by atoms with Gasteiger partial charge in [-0.2, -0.15) is 5.10 Å². The van der Waals surface area contributed by atoms with Crippen LogP contribution in [0.15, 0.2) is 67.0 Å². The van der Waals surface area contributed by atoms with Crippen LogP contribution in [0.1, 0.15) is 20.7 Å². The van der Waals surface area contributed by atoms with Gasteiger partial charge in [-0.25, -0.2) is 0 Å². The van der Waals surface area contributed by atoms with E-state index in [0.29, 0.717) is 43.9 Å². The highest BCUT2D eigenvalue weighted by Crippen LogP contribution is 2.45. The maximum absolute atomic E-state index is 13.1. The van der Waals surface area contributed by atoms with E-state index in [-0.39, 0.29) is 28.9 Å². The first-order chi connectivity index (χ1) is 15.5. The molecule has 2 saturated heterocycles. The van der Waals surface area contributed by atoms with Gasteiger partial charge in [0.05, 0.1) is 18.4 Å². The van der Waals surface area contributed by atoms with Gasteiger partial charge in [0.15, 0.2) is 0 Å². The number of hydrogen-bond acceptors (Lipinski definition) is 5. The molecular weight excluding hydrogens is 408 g/mol. The average molecular weight is 432 g/mol. The van der Waals surface area contributed by atoms with Gasteiger partial charge in [-0.1, -0.05) is 24.3 Å². The molecule has 3 aromatic rings. The van der Waals surface area contributed by atoms with Crippen LogP contribution in [0.5, 0.6) is 11.5 Å². The predicted molar refractivity (Wildman–Crippen MR) is 116 cm³/mol. The summed E-state index contributed by atoms with van der Waals surface area (Å²) in [5.41, 5.74) is 0.763. The molecule has 2 N–H and O–H groups in total. The summed E-state index contributed by atoms with van der Waals surface area (Å²) >= 11 is 0. The third-order valence-electron chi connectivity index (χ3n) is 6.43. The van der Waals surface area contributed by atoms with Crippen molar-refractivity contribution in [1.29, 1.82) is 0 Å². The normalized spacial score (nSPS) is 19.1. The second kappa shape index (κ2) is 8.03. The molecule has 8 heteroatoms. The highest BCUT2D eigenvalue weighted by molar-refractivity contribution is 5.95. The van der Waals surface area contributed by atoms with E-state index in [1.54, 1.807) is 29.3 Å². The number of para-hydroxylation sites is 1. The lowest BCUT2D eigenvalue weighted by atomic mass is 9.71. The van der Waals surface area contributed by atoms with Gasteiger partial charge < -0.3 is 19.6 Å². The first-order valence-electron chi connectivity index (χ1n) is 10.6. The van der Waals surface area contributed by atoms with Crippen LogP contribution in [-0.2, 0) is 0 Å². The number of nitrogens with one attached hydrogen (secondary N) is 1. The predicted octanol–water partition coefficient (Wildman–Crippen LogP) is 2.41. The van der Waals surface area contributed by atoms with Crippen LogP contribution in [0.2, 0.25) is 0 Å². The zero-order valence-electron chi connectivity index (χ0n) is 17.5. The molecule has 0 saturated carbocycles. The molecule has 0 aliphatic carbocycles. The molecule has 5 rings (SSSR count). The number of carbonyl (C=O) groups is 2. The van der Waals surface area contributed by atoms with Crippen molar-refractivity contribution in [3.05, 3.63) is 78.1 Å². The maximum Gasteiger partial charge on any atom is 0.257 e. The van der Waals surface area contributed by atoms with Crippen molar-refractivity contribution in [3.63, 3.8) is 0 Å². The van der Waals surface area contributed by atoms with Crippen molar-refractivity contribution < 1.29 is 19.4 Å². The van der Waals surface area contributed by atoms with Gasteiger partial charge in [-0.3, -0.25) is 14.7 Å². The summed E-state index contributed by atoms with van der Waals surface area (Å²) in [7, 11) is 0. The first-order valence-corrected chi connectivity index (χ1v) is 10.6. The molecular formula is C24H24N4O4. The summed E-state index contributed by atoms with van der Waals surface area (Å²) in [4.78, 5) is 29.5. The van der Waals surface area contributed by atoms with Gasteiger partial charge in [0.2, 0.25) is 0 Å². The molecule has 0 bridgehead atoms. The van der Waals surface area contributed by atoms with E-state index < -0.39 is 0 Å². The van der Waals surface area contributed by atoms with E-state index in [4.69, 9.17) is 4.74 Å². The topological polar surface area (TPSA) is 98.8 Å². The molecule has 32 heavy (non-hydrogen) atoms. The Morgan fingerprint density at radius 3 is 2.50 bits per heavy atom. The van der Waals surface area contributed by atoms with E-state index in [0.717, 1.165) is 5.75 Å². The number of hydrogen-bond donors (Lipinski definition) is 2. The Labute approximate surface area is 185 Å². The van der Waals surface area contributed by atoms with E-state index in [2.05, 4.69) is 10.2 Å². The Morgan fingerprint density at radius 2 is 1.78 bits per heavy atom. The smallest absolute Gasteiger partial charge is 0.257 e. The fourth-order valence-electron chi connectivity index (χ4n) is 4.72. The standard InChI is InChI=1S/C24H24N4O4/c29-20-6-4-5-17(9-20)22(30)27-12-19(13-32-21-7-2-1-3-8-21)24(14-27)15-28(16-24)23(31)18-10-25-26-11-18/h1-11,19,29H,12-16H2,(H,25,26). The highest BCUT2D eigenvalue weighted by Gasteiger charge is 2.56. The highest BCUT2D eigenvalue weighted by atomic mass is 16.5. The molecule has 2 fully saturated rings. The van der Waals surface area contributed by atoms with Crippen molar-refractivity contribution in [2.45, 2.75) is 0 Å². The number of amides is 2. The van der Waals surface area contributed by atoms with Crippen molar-refractivity contribution in [3.8, 4) is 11.5 Å². The minimum Gasteiger partial charge on any atom is -0.508 e. The summed E-state index contributed by atoms with van der Waals surface area (Å²) in [6.45, 7) is 2.66. The first kappa shape index (κ1) is 20.1. The number of ether oxygens (including phenoxy) is 1. The third-order valence-corrected chi connectivity index (χ3v) is 6.43. The Morgan fingerprint density at radius 1 is 1.03 bits per heavy atom. The lowest BCUT2D eigenvalue weighted by molar-refractivity contribution is -0.0198. The molecule has 8 nitrogen and oxygen atoms in total. The quantitative estimate of drug-likeness (QED) is 0.645. The average Bonchev–Trinajstić information content (AvgIpc) is 3.45. The van der Waals surface area contributed by atoms with Crippen molar-refractivity contribution in [1.82, 2.24) is 20.0 Å². The monoisotopic (exact) mass is 432 g/mol. The number of H-pyrrole nitrogens is 1. The van der Waals surface area contributed by atoms with Crippen LogP contribution >= 0.6 is 0 Å².